The number of benzene rings is 1. The average Bonchev–Trinajstić information content (AvgIpc) is 2.88. The largest absolute Gasteiger partial charge is 0.375 e. The number of carbonyl (C=O) groups is 1. The van der Waals surface area contributed by atoms with Crippen molar-refractivity contribution in [2.45, 2.75) is 13.3 Å². The topological polar surface area (TPSA) is 103 Å². The predicted molar refractivity (Wildman–Crippen MR) is 83.8 cm³/mol. The van der Waals surface area contributed by atoms with Crippen LogP contribution < -0.4 is 10.8 Å². The van der Waals surface area contributed by atoms with E-state index in [9.17, 15) is 13.2 Å². The van der Waals surface area contributed by atoms with Crippen molar-refractivity contribution in [1.82, 2.24) is 4.98 Å². The van der Waals surface area contributed by atoms with E-state index in [-0.39, 0.29) is 6.42 Å². The maximum absolute atomic E-state index is 11.9. The standard InChI is InChI=1S/C13H13N3O4S2/c1-7-12(15-13(14)21-7)8-3-4-10-9(5-8)6-11(17)16(10)20-22(2,18)19/h3-5H,6H2,1-2H3,(H2,14,15). The number of hydrogen-bond donors (Lipinski definition) is 1. The van der Waals surface area contributed by atoms with E-state index < -0.39 is 16.0 Å². The molecule has 0 atom stereocenters. The summed E-state index contributed by atoms with van der Waals surface area (Å²) in [5.74, 6) is -0.424. The summed E-state index contributed by atoms with van der Waals surface area (Å²) in [6, 6.07) is 5.22. The molecule has 1 aromatic heterocycles. The van der Waals surface area contributed by atoms with Crippen LogP contribution in [0.5, 0.6) is 0 Å². The first kappa shape index (κ1) is 14.9. The van der Waals surface area contributed by atoms with Crippen LogP contribution in [0.1, 0.15) is 10.4 Å². The zero-order valence-electron chi connectivity index (χ0n) is 11.9. The molecular weight excluding hydrogens is 326 g/mol. The maximum Gasteiger partial charge on any atom is 0.285 e. The van der Waals surface area contributed by atoms with Crippen molar-refractivity contribution in [2.24, 2.45) is 0 Å². The van der Waals surface area contributed by atoms with Crippen LogP contribution in [0, 0.1) is 6.92 Å². The highest BCUT2D eigenvalue weighted by Gasteiger charge is 2.31. The third-order valence-electron chi connectivity index (χ3n) is 3.16. The Morgan fingerprint density at radius 1 is 1.41 bits per heavy atom. The van der Waals surface area contributed by atoms with Gasteiger partial charge in [-0.15, -0.1) is 15.6 Å². The normalized spacial score (nSPS) is 14.5. The number of nitrogens with zero attached hydrogens (tertiary/aromatic N) is 2. The first-order valence-corrected chi connectivity index (χ1v) is 8.96. The predicted octanol–water partition coefficient (Wildman–Crippen LogP) is 1.48. The van der Waals surface area contributed by atoms with Gasteiger partial charge >= 0.3 is 0 Å². The first-order valence-electron chi connectivity index (χ1n) is 6.33. The summed E-state index contributed by atoms with van der Waals surface area (Å²) in [6.45, 7) is 1.92. The van der Waals surface area contributed by atoms with Gasteiger partial charge in [0.25, 0.3) is 16.0 Å². The van der Waals surface area contributed by atoms with E-state index in [1.54, 1.807) is 18.2 Å². The van der Waals surface area contributed by atoms with Crippen LogP contribution in [0.15, 0.2) is 18.2 Å². The molecule has 2 N–H and O–H groups in total. The zero-order chi connectivity index (χ0) is 16.1. The number of aromatic nitrogens is 1. The van der Waals surface area contributed by atoms with Crippen molar-refractivity contribution in [3.63, 3.8) is 0 Å². The lowest BCUT2D eigenvalue weighted by molar-refractivity contribution is -0.121. The van der Waals surface area contributed by atoms with Crippen molar-refractivity contribution in [2.75, 3.05) is 17.1 Å². The highest BCUT2D eigenvalue weighted by molar-refractivity contribution is 7.86. The van der Waals surface area contributed by atoms with Gasteiger partial charge in [-0.2, -0.15) is 13.5 Å². The fourth-order valence-electron chi connectivity index (χ4n) is 2.34. The molecule has 0 fully saturated rings. The monoisotopic (exact) mass is 339 g/mol. The minimum absolute atomic E-state index is 0.0807. The third kappa shape index (κ3) is 2.70. The SMILES string of the molecule is Cc1sc(N)nc1-c1ccc2c(c1)CC(=O)N2OS(C)(=O)=O. The van der Waals surface area contributed by atoms with Crippen LogP contribution in [0.2, 0.25) is 0 Å². The number of hydroxylamine groups is 1. The third-order valence-corrected chi connectivity index (χ3v) is 4.38. The molecule has 2 heterocycles. The first-order chi connectivity index (χ1) is 10.2. The van der Waals surface area contributed by atoms with E-state index in [0.29, 0.717) is 16.4 Å². The molecule has 1 aliphatic heterocycles. The number of carbonyl (C=O) groups excluding carboxylic acids is 1. The summed E-state index contributed by atoms with van der Waals surface area (Å²) >= 11 is 1.39. The van der Waals surface area contributed by atoms with Gasteiger partial charge in [0.2, 0.25) is 0 Å². The fourth-order valence-corrected chi connectivity index (χ4v) is 3.49. The molecule has 0 bridgehead atoms. The van der Waals surface area contributed by atoms with E-state index in [0.717, 1.165) is 27.5 Å². The molecular formula is C13H13N3O4S2. The summed E-state index contributed by atoms with van der Waals surface area (Å²) in [6.07, 6.45) is 0.978. The van der Waals surface area contributed by atoms with Gasteiger partial charge in [0, 0.05) is 10.4 Å². The molecule has 3 rings (SSSR count). The molecule has 1 aromatic carbocycles. The Kier molecular flexibility index (Phi) is 3.42. The van der Waals surface area contributed by atoms with E-state index >= 15 is 0 Å². The average molecular weight is 339 g/mol. The van der Waals surface area contributed by atoms with Crippen molar-refractivity contribution in [3.05, 3.63) is 28.6 Å². The second-order valence-electron chi connectivity index (χ2n) is 4.94. The minimum atomic E-state index is -3.77. The van der Waals surface area contributed by atoms with Crippen LogP contribution >= 0.6 is 11.3 Å². The second kappa shape index (κ2) is 5.04. The molecule has 0 saturated heterocycles. The van der Waals surface area contributed by atoms with E-state index in [1.165, 1.54) is 11.3 Å². The van der Waals surface area contributed by atoms with Crippen molar-refractivity contribution in [1.29, 1.82) is 0 Å². The van der Waals surface area contributed by atoms with Crippen molar-refractivity contribution < 1.29 is 17.5 Å². The van der Waals surface area contributed by atoms with Crippen LogP contribution in [0.4, 0.5) is 10.8 Å². The van der Waals surface area contributed by atoms with Gasteiger partial charge in [-0.3, -0.25) is 4.79 Å². The summed E-state index contributed by atoms with van der Waals surface area (Å²) < 4.78 is 27.2. The van der Waals surface area contributed by atoms with Gasteiger partial charge in [0.05, 0.1) is 24.1 Å². The highest BCUT2D eigenvalue weighted by atomic mass is 32.2. The number of aryl methyl sites for hydroxylation is 1. The molecule has 22 heavy (non-hydrogen) atoms. The molecule has 0 aliphatic carbocycles. The quantitative estimate of drug-likeness (QED) is 0.908. The lowest BCUT2D eigenvalue weighted by Crippen LogP contribution is -2.29. The number of fused-ring (bicyclic) bond motifs is 1. The Balaban J connectivity index is 2.01. The van der Waals surface area contributed by atoms with E-state index in [4.69, 9.17) is 10.0 Å². The Hall–Kier alpha value is -1.97. The van der Waals surface area contributed by atoms with Gasteiger partial charge in [-0.25, -0.2) is 4.98 Å². The van der Waals surface area contributed by atoms with Crippen LogP contribution in [-0.2, 0) is 25.6 Å². The molecule has 0 saturated carbocycles. The Bertz CT molecular complexity index is 873. The van der Waals surface area contributed by atoms with Gasteiger partial charge in [0.1, 0.15) is 0 Å². The molecule has 116 valence electrons. The van der Waals surface area contributed by atoms with Crippen LogP contribution in [0.3, 0.4) is 0 Å². The lowest BCUT2D eigenvalue weighted by atomic mass is 10.1. The molecule has 0 radical (unpaired) electrons. The number of nitrogens with two attached hydrogens (primary N) is 1. The number of thiazole rings is 1. The van der Waals surface area contributed by atoms with E-state index in [2.05, 4.69) is 4.98 Å². The molecule has 2 aromatic rings. The highest BCUT2D eigenvalue weighted by Crippen LogP contribution is 2.35. The van der Waals surface area contributed by atoms with Crippen LogP contribution in [0.25, 0.3) is 11.3 Å². The van der Waals surface area contributed by atoms with Gasteiger partial charge < -0.3 is 5.73 Å². The molecule has 0 spiro atoms. The maximum atomic E-state index is 11.9. The summed E-state index contributed by atoms with van der Waals surface area (Å²) in [5.41, 5.74) is 8.42. The lowest BCUT2D eigenvalue weighted by Gasteiger charge is -2.14. The van der Waals surface area contributed by atoms with Gasteiger partial charge in [0.15, 0.2) is 5.13 Å². The van der Waals surface area contributed by atoms with Crippen LogP contribution in [-0.4, -0.2) is 25.6 Å². The van der Waals surface area contributed by atoms with Gasteiger partial charge in [-0.1, -0.05) is 6.07 Å². The number of hydrogen-bond acceptors (Lipinski definition) is 7. The number of nitrogen functional groups attached to an aromatic ring is 1. The van der Waals surface area contributed by atoms with Crippen molar-refractivity contribution >= 4 is 38.2 Å². The Labute approximate surface area is 131 Å². The number of amides is 1. The summed E-state index contributed by atoms with van der Waals surface area (Å²) in [5, 5.41) is 1.29. The Morgan fingerprint density at radius 3 is 2.73 bits per heavy atom. The minimum Gasteiger partial charge on any atom is -0.375 e. The molecule has 1 amide bonds. The molecule has 9 heteroatoms. The van der Waals surface area contributed by atoms with Gasteiger partial charge in [-0.05, 0) is 24.6 Å². The number of anilines is 2. The molecule has 0 unspecified atom stereocenters. The summed E-state index contributed by atoms with van der Waals surface area (Å²) in [7, 11) is -3.77. The number of rotatable bonds is 3. The summed E-state index contributed by atoms with van der Waals surface area (Å²) in [4.78, 5) is 17.2. The zero-order valence-corrected chi connectivity index (χ0v) is 13.5. The second-order valence-corrected chi connectivity index (χ2v) is 7.74. The molecule has 7 nitrogen and oxygen atoms in total. The molecule has 1 aliphatic rings. The fraction of sp³-hybridized carbons (Fsp3) is 0.231. The smallest absolute Gasteiger partial charge is 0.285 e. The Morgan fingerprint density at radius 2 is 2.14 bits per heavy atom. The van der Waals surface area contributed by atoms with Crippen molar-refractivity contribution in [3.8, 4) is 11.3 Å². The van der Waals surface area contributed by atoms with E-state index in [1.807, 2.05) is 6.92 Å².